The average molecular weight is 427 g/mol. The van der Waals surface area contributed by atoms with Gasteiger partial charge in [-0.1, -0.05) is 79.6 Å². The number of pyridine rings is 1. The van der Waals surface area contributed by atoms with E-state index >= 15 is 0 Å². The molecule has 4 rings (SSSR count). The SMILES string of the molecule is c1ccc(C(CC2CCN(CCCCCCc3cccnc3)CC2)c2ccccc2)cc1. The maximum Gasteiger partial charge on any atom is 0.0299 e. The van der Waals surface area contributed by atoms with Crippen LogP contribution < -0.4 is 0 Å². The fourth-order valence-electron chi connectivity index (χ4n) is 5.18. The van der Waals surface area contributed by atoms with Crippen molar-refractivity contribution in [1.82, 2.24) is 9.88 Å². The molecule has 168 valence electrons. The lowest BCUT2D eigenvalue weighted by atomic mass is 9.80. The molecule has 1 saturated heterocycles. The third kappa shape index (κ3) is 7.03. The molecule has 1 aromatic heterocycles. The number of benzene rings is 2. The van der Waals surface area contributed by atoms with E-state index in [4.69, 9.17) is 0 Å². The molecule has 0 unspecified atom stereocenters. The lowest BCUT2D eigenvalue weighted by molar-refractivity contribution is 0.173. The molecule has 3 aromatic rings. The van der Waals surface area contributed by atoms with E-state index in [1.54, 1.807) is 0 Å². The zero-order chi connectivity index (χ0) is 21.8. The van der Waals surface area contributed by atoms with Gasteiger partial charge in [-0.25, -0.2) is 0 Å². The first-order valence-corrected chi connectivity index (χ1v) is 12.6. The van der Waals surface area contributed by atoms with Crippen molar-refractivity contribution in [3.05, 3.63) is 102 Å². The molecule has 2 heteroatoms. The number of piperidine rings is 1. The molecule has 0 amide bonds. The zero-order valence-corrected chi connectivity index (χ0v) is 19.4. The summed E-state index contributed by atoms with van der Waals surface area (Å²) >= 11 is 0. The van der Waals surface area contributed by atoms with Gasteiger partial charge in [-0.3, -0.25) is 4.98 Å². The molecule has 2 aromatic carbocycles. The molecular formula is C30H38N2. The van der Waals surface area contributed by atoms with Crippen molar-refractivity contribution >= 4 is 0 Å². The molecule has 1 aliphatic heterocycles. The smallest absolute Gasteiger partial charge is 0.0299 e. The van der Waals surface area contributed by atoms with Gasteiger partial charge in [-0.2, -0.15) is 0 Å². The van der Waals surface area contributed by atoms with Crippen LogP contribution in [0.15, 0.2) is 85.2 Å². The molecule has 0 atom stereocenters. The minimum atomic E-state index is 0.522. The van der Waals surface area contributed by atoms with Crippen molar-refractivity contribution in [3.63, 3.8) is 0 Å². The van der Waals surface area contributed by atoms with Crippen molar-refractivity contribution in [2.75, 3.05) is 19.6 Å². The second kappa shape index (κ2) is 12.6. The van der Waals surface area contributed by atoms with Crippen molar-refractivity contribution in [2.45, 2.75) is 57.3 Å². The summed E-state index contributed by atoms with van der Waals surface area (Å²) in [5.74, 6) is 1.35. The Morgan fingerprint density at radius 3 is 2.03 bits per heavy atom. The number of hydrogen-bond acceptors (Lipinski definition) is 2. The van der Waals surface area contributed by atoms with E-state index in [0.717, 1.165) is 5.92 Å². The van der Waals surface area contributed by atoms with E-state index in [-0.39, 0.29) is 0 Å². The van der Waals surface area contributed by atoms with Crippen LogP contribution in [0, 0.1) is 5.92 Å². The van der Waals surface area contributed by atoms with Crippen LogP contribution in [0.25, 0.3) is 0 Å². The van der Waals surface area contributed by atoms with Crippen LogP contribution in [-0.2, 0) is 6.42 Å². The molecule has 32 heavy (non-hydrogen) atoms. The van der Waals surface area contributed by atoms with Gasteiger partial charge >= 0.3 is 0 Å². The predicted octanol–water partition coefficient (Wildman–Crippen LogP) is 7.12. The molecule has 1 fully saturated rings. The van der Waals surface area contributed by atoms with Gasteiger partial charge in [0, 0.05) is 18.3 Å². The summed E-state index contributed by atoms with van der Waals surface area (Å²) in [7, 11) is 0. The van der Waals surface area contributed by atoms with E-state index in [2.05, 4.69) is 76.6 Å². The predicted molar refractivity (Wildman–Crippen MR) is 135 cm³/mol. The Morgan fingerprint density at radius 2 is 1.41 bits per heavy atom. The van der Waals surface area contributed by atoms with Gasteiger partial charge in [0.25, 0.3) is 0 Å². The van der Waals surface area contributed by atoms with Crippen molar-refractivity contribution in [3.8, 4) is 0 Å². The summed E-state index contributed by atoms with van der Waals surface area (Å²) in [4.78, 5) is 6.92. The Bertz CT molecular complexity index is 831. The van der Waals surface area contributed by atoms with Crippen molar-refractivity contribution < 1.29 is 0 Å². The van der Waals surface area contributed by atoms with E-state index in [1.807, 2.05) is 18.5 Å². The molecule has 0 bridgehead atoms. The highest BCUT2D eigenvalue weighted by molar-refractivity contribution is 5.32. The Kier molecular flexibility index (Phi) is 8.92. The van der Waals surface area contributed by atoms with Gasteiger partial charge in [-0.05, 0) is 86.8 Å². The van der Waals surface area contributed by atoms with Crippen LogP contribution in [0.1, 0.15) is 67.6 Å². The van der Waals surface area contributed by atoms with Gasteiger partial charge in [0.05, 0.1) is 0 Å². The molecule has 1 aliphatic rings. The first-order chi connectivity index (χ1) is 15.9. The topological polar surface area (TPSA) is 16.1 Å². The van der Waals surface area contributed by atoms with Crippen molar-refractivity contribution in [1.29, 1.82) is 0 Å². The normalized spacial score (nSPS) is 15.3. The number of aromatic nitrogens is 1. The molecular weight excluding hydrogens is 388 g/mol. The number of likely N-dealkylation sites (tertiary alicyclic amines) is 1. The number of nitrogens with zero attached hydrogens (tertiary/aromatic N) is 2. The monoisotopic (exact) mass is 426 g/mol. The van der Waals surface area contributed by atoms with Crippen LogP contribution in [0.3, 0.4) is 0 Å². The highest BCUT2D eigenvalue weighted by Crippen LogP contribution is 2.34. The fourth-order valence-corrected chi connectivity index (χ4v) is 5.18. The molecule has 0 spiro atoms. The van der Waals surface area contributed by atoms with Gasteiger partial charge in [0.1, 0.15) is 0 Å². The van der Waals surface area contributed by atoms with Crippen LogP contribution in [0.4, 0.5) is 0 Å². The summed E-state index contributed by atoms with van der Waals surface area (Å²) in [6.45, 7) is 3.83. The fraction of sp³-hybridized carbons (Fsp3) is 0.433. The summed E-state index contributed by atoms with van der Waals surface area (Å²) in [6.07, 6.45) is 14.3. The Balaban J connectivity index is 1.17. The molecule has 0 radical (unpaired) electrons. The first-order valence-electron chi connectivity index (χ1n) is 12.6. The Hall–Kier alpha value is -2.45. The molecule has 0 aliphatic carbocycles. The molecule has 2 nitrogen and oxygen atoms in total. The van der Waals surface area contributed by atoms with Gasteiger partial charge < -0.3 is 4.90 Å². The van der Waals surface area contributed by atoms with E-state index in [9.17, 15) is 0 Å². The van der Waals surface area contributed by atoms with Gasteiger partial charge in [0.15, 0.2) is 0 Å². The molecule has 0 saturated carbocycles. The quantitative estimate of drug-likeness (QED) is 0.303. The first kappa shape index (κ1) is 22.7. The van der Waals surface area contributed by atoms with Crippen LogP contribution >= 0.6 is 0 Å². The molecule has 2 heterocycles. The standard InChI is InChI=1S/C30H38N2/c1(5-12-27-13-11-20-31-25-27)2-10-21-32-22-18-26(19-23-32)24-30(28-14-6-3-7-15-28)29-16-8-4-9-17-29/h3-4,6-9,11,13-17,20,25-26,30H,1-2,5,10,12,18-19,21-24H2. The van der Waals surface area contributed by atoms with E-state index in [0.29, 0.717) is 5.92 Å². The zero-order valence-electron chi connectivity index (χ0n) is 19.4. The Labute approximate surface area is 194 Å². The third-order valence-electron chi connectivity index (χ3n) is 7.09. The van der Waals surface area contributed by atoms with Crippen LogP contribution in [-0.4, -0.2) is 29.5 Å². The van der Waals surface area contributed by atoms with Crippen LogP contribution in [0.5, 0.6) is 0 Å². The maximum atomic E-state index is 4.21. The second-order valence-corrected chi connectivity index (χ2v) is 9.42. The number of aryl methyl sites for hydroxylation is 1. The number of unbranched alkanes of at least 4 members (excludes halogenated alkanes) is 3. The molecule has 0 N–H and O–H groups in total. The highest BCUT2D eigenvalue weighted by atomic mass is 15.1. The van der Waals surface area contributed by atoms with E-state index in [1.165, 1.54) is 87.7 Å². The largest absolute Gasteiger partial charge is 0.303 e. The van der Waals surface area contributed by atoms with Crippen LogP contribution in [0.2, 0.25) is 0 Å². The van der Waals surface area contributed by atoms with E-state index < -0.39 is 0 Å². The number of rotatable bonds is 11. The van der Waals surface area contributed by atoms with Gasteiger partial charge in [0.2, 0.25) is 0 Å². The lowest BCUT2D eigenvalue weighted by Gasteiger charge is -2.34. The summed E-state index contributed by atoms with van der Waals surface area (Å²) in [6, 6.07) is 26.5. The van der Waals surface area contributed by atoms with Crippen molar-refractivity contribution in [2.24, 2.45) is 5.92 Å². The van der Waals surface area contributed by atoms with Gasteiger partial charge in [-0.15, -0.1) is 0 Å². The Morgan fingerprint density at radius 1 is 0.750 bits per heavy atom. The average Bonchev–Trinajstić information content (AvgIpc) is 2.87. The summed E-state index contributed by atoms with van der Waals surface area (Å²) < 4.78 is 0. The lowest BCUT2D eigenvalue weighted by Crippen LogP contribution is -2.34. The highest BCUT2D eigenvalue weighted by Gasteiger charge is 2.24. The number of hydrogen-bond donors (Lipinski definition) is 0. The second-order valence-electron chi connectivity index (χ2n) is 9.42. The third-order valence-corrected chi connectivity index (χ3v) is 7.09. The summed E-state index contributed by atoms with van der Waals surface area (Å²) in [5, 5.41) is 0. The minimum absolute atomic E-state index is 0.522. The minimum Gasteiger partial charge on any atom is -0.303 e. The maximum absolute atomic E-state index is 4.21. The summed E-state index contributed by atoms with van der Waals surface area (Å²) in [5.41, 5.74) is 4.30.